The summed E-state index contributed by atoms with van der Waals surface area (Å²) in [6, 6.07) is 0.436. The van der Waals surface area contributed by atoms with E-state index in [2.05, 4.69) is 63.9 Å². The molecule has 1 rings (SSSR count). The summed E-state index contributed by atoms with van der Waals surface area (Å²) < 4.78 is 0. The number of hydrogen-bond acceptors (Lipinski definition) is 2. The SMILES string of the molecule is CC(C)=C/C=C(\C(C)NCCN1CCCCC1)C(C)(C)C. The quantitative estimate of drug-likeness (QED) is 0.730. The first kappa shape index (κ1) is 18.4. The molecule has 0 radical (unpaired) electrons. The van der Waals surface area contributed by atoms with E-state index in [0.717, 1.165) is 6.54 Å². The Bertz CT molecular complexity index is 350. The predicted molar refractivity (Wildman–Crippen MR) is 94.7 cm³/mol. The Labute approximate surface area is 132 Å². The largest absolute Gasteiger partial charge is 0.309 e. The van der Waals surface area contributed by atoms with E-state index in [1.807, 2.05) is 0 Å². The molecule has 0 spiro atoms. The molecule has 1 unspecified atom stereocenters. The van der Waals surface area contributed by atoms with Crippen LogP contribution in [0.1, 0.15) is 60.8 Å². The van der Waals surface area contributed by atoms with Crippen LogP contribution >= 0.6 is 0 Å². The number of likely N-dealkylation sites (tertiary alicyclic amines) is 1. The van der Waals surface area contributed by atoms with E-state index in [1.54, 1.807) is 0 Å². The van der Waals surface area contributed by atoms with Gasteiger partial charge >= 0.3 is 0 Å². The summed E-state index contributed by atoms with van der Waals surface area (Å²) >= 11 is 0. The minimum atomic E-state index is 0.212. The third-order valence-corrected chi connectivity index (χ3v) is 4.26. The van der Waals surface area contributed by atoms with Gasteiger partial charge in [0, 0.05) is 19.1 Å². The number of nitrogens with zero attached hydrogens (tertiary/aromatic N) is 1. The summed E-state index contributed by atoms with van der Waals surface area (Å²) in [7, 11) is 0. The molecular formula is C19H36N2. The first-order valence-corrected chi connectivity index (χ1v) is 8.62. The second-order valence-electron chi connectivity index (χ2n) is 7.69. The van der Waals surface area contributed by atoms with Crippen molar-refractivity contribution >= 4 is 0 Å². The average Bonchev–Trinajstić information content (AvgIpc) is 2.38. The topological polar surface area (TPSA) is 15.3 Å². The van der Waals surface area contributed by atoms with Crippen LogP contribution in [0.25, 0.3) is 0 Å². The lowest BCUT2D eigenvalue weighted by Gasteiger charge is -2.31. The number of nitrogens with one attached hydrogen (secondary N) is 1. The Morgan fingerprint density at radius 1 is 1.10 bits per heavy atom. The van der Waals surface area contributed by atoms with Crippen LogP contribution in [0.4, 0.5) is 0 Å². The van der Waals surface area contributed by atoms with E-state index in [9.17, 15) is 0 Å². The molecule has 1 atom stereocenters. The Balaban J connectivity index is 2.50. The molecule has 0 aromatic heterocycles. The lowest BCUT2D eigenvalue weighted by molar-refractivity contribution is 0.227. The summed E-state index contributed by atoms with van der Waals surface area (Å²) in [4.78, 5) is 2.60. The summed E-state index contributed by atoms with van der Waals surface area (Å²) in [5.41, 5.74) is 3.06. The van der Waals surface area contributed by atoms with Crippen LogP contribution in [0.15, 0.2) is 23.3 Å². The molecule has 1 aliphatic rings. The van der Waals surface area contributed by atoms with Gasteiger partial charge in [-0.05, 0) is 57.7 Å². The Hall–Kier alpha value is -0.600. The Morgan fingerprint density at radius 2 is 1.71 bits per heavy atom. The van der Waals surface area contributed by atoms with E-state index < -0.39 is 0 Å². The molecule has 1 saturated heterocycles. The minimum absolute atomic E-state index is 0.212. The van der Waals surface area contributed by atoms with Gasteiger partial charge in [-0.1, -0.05) is 44.9 Å². The van der Waals surface area contributed by atoms with Crippen LogP contribution in [0.3, 0.4) is 0 Å². The van der Waals surface area contributed by atoms with Crippen LogP contribution in [-0.4, -0.2) is 37.1 Å². The smallest absolute Gasteiger partial charge is 0.0259 e. The summed E-state index contributed by atoms with van der Waals surface area (Å²) in [6.45, 7) is 18.4. The van der Waals surface area contributed by atoms with Crippen molar-refractivity contribution in [2.75, 3.05) is 26.2 Å². The van der Waals surface area contributed by atoms with E-state index in [1.165, 1.54) is 50.0 Å². The van der Waals surface area contributed by atoms with Crippen LogP contribution < -0.4 is 5.32 Å². The second kappa shape index (κ2) is 8.75. The van der Waals surface area contributed by atoms with Crippen molar-refractivity contribution in [3.63, 3.8) is 0 Å². The second-order valence-corrected chi connectivity index (χ2v) is 7.69. The fraction of sp³-hybridized carbons (Fsp3) is 0.789. The molecule has 0 amide bonds. The van der Waals surface area contributed by atoms with Crippen molar-refractivity contribution in [2.24, 2.45) is 5.41 Å². The number of hydrogen-bond donors (Lipinski definition) is 1. The molecule has 0 aromatic rings. The highest BCUT2D eigenvalue weighted by atomic mass is 15.1. The minimum Gasteiger partial charge on any atom is -0.309 e. The maximum absolute atomic E-state index is 3.72. The van der Waals surface area contributed by atoms with E-state index in [-0.39, 0.29) is 5.41 Å². The van der Waals surface area contributed by atoms with Crippen LogP contribution in [0, 0.1) is 5.41 Å². The molecule has 1 heterocycles. The predicted octanol–water partition coefficient (Wildman–Crippen LogP) is 4.39. The first-order valence-electron chi connectivity index (χ1n) is 8.62. The molecular weight excluding hydrogens is 256 g/mol. The van der Waals surface area contributed by atoms with Gasteiger partial charge < -0.3 is 10.2 Å². The van der Waals surface area contributed by atoms with Gasteiger partial charge in [-0.25, -0.2) is 0 Å². The lowest BCUT2D eigenvalue weighted by Crippen LogP contribution is -2.40. The highest BCUT2D eigenvalue weighted by Crippen LogP contribution is 2.28. The first-order chi connectivity index (χ1) is 9.80. The third-order valence-electron chi connectivity index (χ3n) is 4.26. The standard InChI is InChI=1S/C19H36N2/c1-16(2)10-11-18(19(4,5)6)17(3)20-12-15-21-13-8-7-9-14-21/h10-11,17,20H,7-9,12-15H2,1-6H3/b18-11+. The number of piperidine rings is 1. The molecule has 0 aromatic carbocycles. The zero-order chi connectivity index (χ0) is 15.9. The molecule has 2 heteroatoms. The van der Waals surface area contributed by atoms with Crippen LogP contribution in [0.5, 0.6) is 0 Å². The van der Waals surface area contributed by atoms with Gasteiger partial charge in [0.1, 0.15) is 0 Å². The van der Waals surface area contributed by atoms with Gasteiger partial charge in [0.2, 0.25) is 0 Å². The lowest BCUT2D eigenvalue weighted by atomic mass is 9.82. The summed E-state index contributed by atoms with van der Waals surface area (Å²) in [6.07, 6.45) is 8.73. The van der Waals surface area contributed by atoms with Crippen molar-refractivity contribution in [3.05, 3.63) is 23.3 Å². The van der Waals surface area contributed by atoms with E-state index >= 15 is 0 Å². The molecule has 0 aliphatic carbocycles. The van der Waals surface area contributed by atoms with Gasteiger partial charge in [-0.3, -0.25) is 0 Å². The van der Waals surface area contributed by atoms with Crippen molar-refractivity contribution < 1.29 is 0 Å². The number of allylic oxidation sites excluding steroid dienone is 3. The Morgan fingerprint density at radius 3 is 2.24 bits per heavy atom. The van der Waals surface area contributed by atoms with Crippen molar-refractivity contribution in [2.45, 2.75) is 66.8 Å². The van der Waals surface area contributed by atoms with Crippen LogP contribution in [0.2, 0.25) is 0 Å². The van der Waals surface area contributed by atoms with Gasteiger partial charge in [0.25, 0.3) is 0 Å². The Kier molecular flexibility index (Phi) is 7.69. The van der Waals surface area contributed by atoms with Gasteiger partial charge in [-0.15, -0.1) is 0 Å². The van der Waals surface area contributed by atoms with E-state index in [4.69, 9.17) is 0 Å². The highest BCUT2D eigenvalue weighted by molar-refractivity contribution is 5.24. The molecule has 21 heavy (non-hydrogen) atoms. The molecule has 1 N–H and O–H groups in total. The normalized spacial score (nSPS) is 19.4. The zero-order valence-corrected chi connectivity index (χ0v) is 15.1. The zero-order valence-electron chi connectivity index (χ0n) is 15.1. The molecule has 2 nitrogen and oxygen atoms in total. The average molecular weight is 293 g/mol. The van der Waals surface area contributed by atoms with Crippen molar-refractivity contribution in [1.82, 2.24) is 10.2 Å². The maximum atomic E-state index is 3.72. The van der Waals surface area contributed by atoms with Gasteiger partial charge in [0.05, 0.1) is 0 Å². The summed E-state index contributed by atoms with van der Waals surface area (Å²) in [5, 5.41) is 3.72. The molecule has 122 valence electrons. The fourth-order valence-corrected chi connectivity index (χ4v) is 3.03. The van der Waals surface area contributed by atoms with Crippen LogP contribution in [-0.2, 0) is 0 Å². The number of rotatable bonds is 6. The van der Waals surface area contributed by atoms with Crippen molar-refractivity contribution in [3.8, 4) is 0 Å². The van der Waals surface area contributed by atoms with Crippen molar-refractivity contribution in [1.29, 1.82) is 0 Å². The molecule has 0 bridgehead atoms. The third kappa shape index (κ3) is 7.28. The molecule has 1 fully saturated rings. The van der Waals surface area contributed by atoms with Gasteiger partial charge in [0.15, 0.2) is 0 Å². The maximum Gasteiger partial charge on any atom is 0.0259 e. The fourth-order valence-electron chi connectivity index (χ4n) is 3.03. The molecule has 1 aliphatic heterocycles. The molecule has 0 saturated carbocycles. The van der Waals surface area contributed by atoms with Gasteiger partial charge in [-0.2, -0.15) is 0 Å². The summed E-state index contributed by atoms with van der Waals surface area (Å²) in [5.74, 6) is 0. The van der Waals surface area contributed by atoms with E-state index in [0.29, 0.717) is 6.04 Å². The monoisotopic (exact) mass is 292 g/mol. The highest BCUT2D eigenvalue weighted by Gasteiger charge is 2.21.